The lowest BCUT2D eigenvalue weighted by molar-refractivity contribution is -0.120. The van der Waals surface area contributed by atoms with Crippen molar-refractivity contribution in [1.29, 1.82) is 0 Å². The molecule has 0 radical (unpaired) electrons. The van der Waals surface area contributed by atoms with Gasteiger partial charge in [0, 0.05) is 19.3 Å². The third-order valence-electron chi connectivity index (χ3n) is 3.42. The fraction of sp³-hybridized carbons (Fsp3) is 0.278. The molecular formula is C18H22N2O4S. The van der Waals surface area contributed by atoms with Gasteiger partial charge in [-0.1, -0.05) is 42.5 Å². The topological polar surface area (TPSA) is 84.5 Å². The molecule has 2 aromatic carbocycles. The van der Waals surface area contributed by atoms with Gasteiger partial charge in [0.25, 0.3) is 0 Å². The van der Waals surface area contributed by atoms with E-state index in [2.05, 4.69) is 10.0 Å². The molecule has 134 valence electrons. The highest BCUT2D eigenvalue weighted by Crippen LogP contribution is 2.14. The van der Waals surface area contributed by atoms with E-state index in [9.17, 15) is 13.2 Å². The Bertz CT molecular complexity index is 774. The first-order valence-corrected chi connectivity index (χ1v) is 9.53. The van der Waals surface area contributed by atoms with Crippen LogP contribution in [0, 0.1) is 0 Å². The molecule has 0 unspecified atom stereocenters. The Morgan fingerprint density at radius 3 is 2.32 bits per heavy atom. The zero-order valence-corrected chi connectivity index (χ0v) is 14.9. The molecule has 0 aromatic heterocycles. The fourth-order valence-corrected chi connectivity index (χ4v) is 3.44. The summed E-state index contributed by atoms with van der Waals surface area (Å²) < 4.78 is 31.8. The molecule has 7 heteroatoms. The number of carbonyl (C=O) groups excluding carboxylic acids is 1. The van der Waals surface area contributed by atoms with E-state index in [0.717, 1.165) is 11.1 Å². The third kappa shape index (κ3) is 6.94. The second kappa shape index (κ2) is 9.19. The second-order valence-corrected chi connectivity index (χ2v) is 7.29. The maximum atomic E-state index is 12.2. The number of nitrogens with one attached hydrogen (secondary N) is 2. The van der Waals surface area contributed by atoms with E-state index in [1.54, 1.807) is 55.6 Å². The van der Waals surface area contributed by atoms with Crippen molar-refractivity contribution in [1.82, 2.24) is 5.32 Å². The molecule has 0 atom stereocenters. The summed E-state index contributed by atoms with van der Waals surface area (Å²) in [5.41, 5.74) is 2.00. The minimum Gasteiger partial charge on any atom is -0.383 e. The van der Waals surface area contributed by atoms with Crippen LogP contribution in [0.4, 0.5) is 5.69 Å². The first-order valence-electron chi connectivity index (χ1n) is 7.87. The van der Waals surface area contributed by atoms with Gasteiger partial charge in [0.05, 0.1) is 18.8 Å². The Labute approximate surface area is 148 Å². The number of rotatable bonds is 9. The molecule has 0 saturated carbocycles. The molecule has 0 bridgehead atoms. The average Bonchev–Trinajstić information content (AvgIpc) is 2.57. The van der Waals surface area contributed by atoms with E-state index in [-0.39, 0.29) is 18.1 Å². The monoisotopic (exact) mass is 362 g/mol. The Morgan fingerprint density at radius 1 is 1.00 bits per heavy atom. The molecule has 0 fully saturated rings. The highest BCUT2D eigenvalue weighted by molar-refractivity contribution is 7.91. The van der Waals surface area contributed by atoms with Crippen molar-refractivity contribution in [3.8, 4) is 0 Å². The smallest absolute Gasteiger partial charge is 0.236 e. The number of amides is 1. The highest BCUT2D eigenvalue weighted by atomic mass is 32.2. The first-order chi connectivity index (χ1) is 12.0. The van der Waals surface area contributed by atoms with E-state index in [4.69, 9.17) is 4.74 Å². The Morgan fingerprint density at radius 2 is 1.68 bits per heavy atom. The number of anilines is 1. The number of methoxy groups -OCH3 is 1. The molecular weight excluding hydrogens is 340 g/mol. The molecule has 0 spiro atoms. The number of sulfonamides is 1. The van der Waals surface area contributed by atoms with Gasteiger partial charge in [-0.2, -0.15) is 0 Å². The normalized spacial score (nSPS) is 11.1. The van der Waals surface area contributed by atoms with E-state index in [1.165, 1.54) is 0 Å². The average molecular weight is 362 g/mol. The van der Waals surface area contributed by atoms with E-state index >= 15 is 0 Å². The van der Waals surface area contributed by atoms with Gasteiger partial charge in [0.15, 0.2) is 0 Å². The molecule has 0 aliphatic heterocycles. The van der Waals surface area contributed by atoms with Gasteiger partial charge in [-0.3, -0.25) is 9.52 Å². The Kier molecular flexibility index (Phi) is 6.97. The molecule has 2 N–H and O–H groups in total. The molecule has 0 saturated heterocycles. The van der Waals surface area contributed by atoms with Crippen molar-refractivity contribution < 1.29 is 17.9 Å². The van der Waals surface area contributed by atoms with E-state index in [0.29, 0.717) is 18.8 Å². The van der Waals surface area contributed by atoms with Crippen LogP contribution >= 0.6 is 0 Å². The predicted octanol–water partition coefficient (Wildman–Crippen LogP) is 1.93. The lowest BCUT2D eigenvalue weighted by Gasteiger charge is -2.09. The lowest BCUT2D eigenvalue weighted by atomic mass is 10.1. The molecule has 0 heterocycles. The number of hydrogen-bond donors (Lipinski definition) is 2. The van der Waals surface area contributed by atoms with Crippen LogP contribution in [0.25, 0.3) is 0 Å². The third-order valence-corrected chi connectivity index (χ3v) is 4.68. The highest BCUT2D eigenvalue weighted by Gasteiger charge is 2.11. The number of ether oxygens (including phenoxy) is 1. The van der Waals surface area contributed by atoms with Crippen molar-refractivity contribution in [2.45, 2.75) is 12.2 Å². The van der Waals surface area contributed by atoms with Gasteiger partial charge in [-0.25, -0.2) is 8.42 Å². The van der Waals surface area contributed by atoms with Crippen LogP contribution in [0.5, 0.6) is 0 Å². The minimum atomic E-state index is -3.48. The summed E-state index contributed by atoms with van der Waals surface area (Å²) >= 11 is 0. The fourth-order valence-electron chi connectivity index (χ4n) is 2.24. The van der Waals surface area contributed by atoms with Crippen molar-refractivity contribution in [2.24, 2.45) is 0 Å². The molecule has 6 nitrogen and oxygen atoms in total. The molecule has 2 rings (SSSR count). The van der Waals surface area contributed by atoms with Gasteiger partial charge in [0.2, 0.25) is 15.9 Å². The SMILES string of the molecule is COCCNC(=O)Cc1ccc(NS(=O)(=O)Cc2ccccc2)cc1. The van der Waals surface area contributed by atoms with Crippen LogP contribution in [-0.2, 0) is 31.7 Å². The zero-order chi connectivity index (χ0) is 18.1. The van der Waals surface area contributed by atoms with Crippen LogP contribution in [0.3, 0.4) is 0 Å². The zero-order valence-electron chi connectivity index (χ0n) is 14.1. The summed E-state index contributed by atoms with van der Waals surface area (Å²) in [7, 11) is -1.91. The summed E-state index contributed by atoms with van der Waals surface area (Å²) in [4.78, 5) is 11.7. The van der Waals surface area contributed by atoms with Crippen molar-refractivity contribution in [3.63, 3.8) is 0 Å². The largest absolute Gasteiger partial charge is 0.383 e. The van der Waals surface area contributed by atoms with Gasteiger partial charge in [0.1, 0.15) is 0 Å². The molecule has 2 aromatic rings. The maximum Gasteiger partial charge on any atom is 0.236 e. The summed E-state index contributed by atoms with van der Waals surface area (Å²) in [6, 6.07) is 15.8. The van der Waals surface area contributed by atoms with Gasteiger partial charge in [-0.15, -0.1) is 0 Å². The van der Waals surface area contributed by atoms with Crippen molar-refractivity contribution in [2.75, 3.05) is 25.0 Å². The van der Waals surface area contributed by atoms with Crippen LogP contribution in [0.1, 0.15) is 11.1 Å². The standard InChI is InChI=1S/C18H22N2O4S/c1-24-12-11-19-18(21)13-15-7-9-17(10-8-15)20-25(22,23)14-16-5-3-2-4-6-16/h2-10,20H,11-14H2,1H3,(H,19,21). The maximum absolute atomic E-state index is 12.2. The minimum absolute atomic E-state index is 0.0858. The summed E-state index contributed by atoms with van der Waals surface area (Å²) in [6.45, 7) is 0.931. The van der Waals surface area contributed by atoms with Crippen molar-refractivity contribution >= 4 is 21.6 Å². The van der Waals surface area contributed by atoms with Crippen molar-refractivity contribution in [3.05, 3.63) is 65.7 Å². The number of carbonyl (C=O) groups is 1. The Balaban J connectivity index is 1.90. The van der Waals surface area contributed by atoms with Crippen LogP contribution in [0.2, 0.25) is 0 Å². The summed E-state index contributed by atoms with van der Waals surface area (Å²) in [5.74, 6) is -0.188. The van der Waals surface area contributed by atoms with Gasteiger partial charge in [-0.05, 0) is 23.3 Å². The predicted molar refractivity (Wildman–Crippen MR) is 97.7 cm³/mol. The molecule has 0 aliphatic carbocycles. The van der Waals surface area contributed by atoms with E-state index in [1.807, 2.05) is 6.07 Å². The number of benzene rings is 2. The first kappa shape index (κ1) is 19.0. The lowest BCUT2D eigenvalue weighted by Crippen LogP contribution is -2.28. The molecule has 25 heavy (non-hydrogen) atoms. The second-order valence-electron chi connectivity index (χ2n) is 5.56. The van der Waals surface area contributed by atoms with Crippen LogP contribution < -0.4 is 10.0 Å². The molecule has 1 amide bonds. The van der Waals surface area contributed by atoms with Gasteiger partial charge < -0.3 is 10.1 Å². The quantitative estimate of drug-likeness (QED) is 0.668. The van der Waals surface area contributed by atoms with E-state index < -0.39 is 10.0 Å². The van der Waals surface area contributed by atoms with Gasteiger partial charge >= 0.3 is 0 Å². The summed E-state index contributed by atoms with van der Waals surface area (Å²) in [6.07, 6.45) is 0.237. The number of hydrogen-bond acceptors (Lipinski definition) is 4. The molecule has 0 aliphatic rings. The van der Waals surface area contributed by atoms with Crippen LogP contribution in [-0.4, -0.2) is 34.6 Å². The summed E-state index contributed by atoms with van der Waals surface area (Å²) in [5, 5.41) is 2.74. The Hall–Kier alpha value is -2.38. The van der Waals surface area contributed by atoms with Crippen LogP contribution in [0.15, 0.2) is 54.6 Å².